The molecule has 0 amide bonds. The van der Waals surface area contributed by atoms with Gasteiger partial charge in [0.25, 0.3) is 5.56 Å². The van der Waals surface area contributed by atoms with Crippen molar-refractivity contribution in [1.29, 1.82) is 0 Å². The van der Waals surface area contributed by atoms with Crippen LogP contribution in [0.5, 0.6) is 0 Å². The van der Waals surface area contributed by atoms with Crippen molar-refractivity contribution in [2.24, 2.45) is 0 Å². The second-order valence-corrected chi connectivity index (χ2v) is 11.8. The summed E-state index contributed by atoms with van der Waals surface area (Å²) in [7, 11) is 0. The fourth-order valence-corrected chi connectivity index (χ4v) is 6.38. The second-order valence-electron chi connectivity index (χ2n) is 8.68. The molecule has 0 saturated heterocycles. The van der Waals surface area contributed by atoms with E-state index in [-0.39, 0.29) is 5.56 Å². The first-order valence-corrected chi connectivity index (χ1v) is 14.9. The highest BCUT2D eigenvalue weighted by Crippen LogP contribution is 2.40. The van der Waals surface area contributed by atoms with Gasteiger partial charge in [0.15, 0.2) is 5.15 Å². The van der Waals surface area contributed by atoms with Crippen molar-refractivity contribution in [2.75, 3.05) is 0 Å². The number of thiophene rings is 2. The molecule has 6 rings (SSSR count). The summed E-state index contributed by atoms with van der Waals surface area (Å²) in [5.41, 5.74) is 6.88. The van der Waals surface area contributed by atoms with Gasteiger partial charge >= 0.3 is 0 Å². The van der Waals surface area contributed by atoms with Crippen LogP contribution in [0, 0.1) is 13.8 Å². The third-order valence-corrected chi connectivity index (χ3v) is 8.61. The van der Waals surface area contributed by atoms with E-state index in [0.717, 1.165) is 49.0 Å². The number of nitrogens with zero attached hydrogens (tertiary/aromatic N) is 3. The van der Waals surface area contributed by atoms with Crippen LogP contribution in [0.4, 0.5) is 0 Å². The number of aryl methyl sites for hydroxylation is 2. The summed E-state index contributed by atoms with van der Waals surface area (Å²) >= 11 is 21.3. The van der Waals surface area contributed by atoms with Crippen LogP contribution in [0.1, 0.15) is 11.4 Å². The van der Waals surface area contributed by atoms with E-state index in [1.54, 1.807) is 11.3 Å². The van der Waals surface area contributed by atoms with Gasteiger partial charge in [0.2, 0.25) is 0 Å². The molecule has 0 unspecified atom stereocenters. The lowest BCUT2D eigenvalue weighted by atomic mass is 9.99. The fraction of sp³-hybridized carbons (Fsp3) is 0.0667. The predicted octanol–water partition coefficient (Wildman–Crippen LogP) is 9.61. The molecule has 200 valence electrons. The normalized spacial score (nSPS) is 10.7. The van der Waals surface area contributed by atoms with E-state index in [1.165, 1.54) is 11.3 Å². The number of rotatable bonds is 4. The van der Waals surface area contributed by atoms with Crippen molar-refractivity contribution in [3.05, 3.63) is 120 Å². The Hall–Kier alpha value is -3.33. The molecule has 0 radical (unpaired) electrons. The Labute approximate surface area is 254 Å². The SMILES string of the molecule is Cc1n[nH]c(=O)c(-c2cccs2)c1-c1ccc(Cl)cc1.Cc1nnc(Cl)c(-c2cccs2)c1-c1ccc(Cl)cc1. The molecular formula is C30H21Cl3N4OS2. The summed E-state index contributed by atoms with van der Waals surface area (Å²) in [6.07, 6.45) is 0. The minimum absolute atomic E-state index is 0.178. The summed E-state index contributed by atoms with van der Waals surface area (Å²) in [5.74, 6) is 0. The maximum atomic E-state index is 12.2. The summed E-state index contributed by atoms with van der Waals surface area (Å²) in [6.45, 7) is 3.82. The maximum absolute atomic E-state index is 12.2. The lowest BCUT2D eigenvalue weighted by Crippen LogP contribution is -2.13. The van der Waals surface area contributed by atoms with Crippen LogP contribution in [0.25, 0.3) is 43.1 Å². The van der Waals surface area contributed by atoms with Crippen molar-refractivity contribution in [2.45, 2.75) is 13.8 Å². The number of aromatic nitrogens is 4. The van der Waals surface area contributed by atoms with Gasteiger partial charge in [-0.3, -0.25) is 4.79 Å². The number of H-pyrrole nitrogens is 1. The number of benzene rings is 2. The molecule has 2 aromatic carbocycles. The fourth-order valence-electron chi connectivity index (χ4n) is 4.28. The maximum Gasteiger partial charge on any atom is 0.273 e. The highest BCUT2D eigenvalue weighted by Gasteiger charge is 2.18. The standard InChI is InChI=1S/C15H10Cl2N2S.C15H11ClN2OS/c1-9-13(10-4-6-11(16)7-5-10)14(15(17)19-18-9)12-3-2-8-20-12;1-9-13(10-4-6-11(16)7-5-10)14(15(19)18-17-9)12-3-2-8-20-12/h2-8H,1H3;2-8H,1H3,(H,18,19). The third kappa shape index (κ3) is 6.04. The molecule has 0 atom stereocenters. The molecule has 5 nitrogen and oxygen atoms in total. The van der Waals surface area contributed by atoms with Gasteiger partial charge in [0.1, 0.15) is 0 Å². The zero-order valence-electron chi connectivity index (χ0n) is 21.3. The first kappa shape index (κ1) is 28.2. The van der Waals surface area contributed by atoms with Crippen molar-refractivity contribution in [3.63, 3.8) is 0 Å². The molecule has 4 heterocycles. The van der Waals surface area contributed by atoms with E-state index in [9.17, 15) is 4.79 Å². The van der Waals surface area contributed by atoms with Crippen molar-refractivity contribution < 1.29 is 0 Å². The van der Waals surface area contributed by atoms with E-state index in [2.05, 4.69) is 20.4 Å². The minimum atomic E-state index is -0.178. The van der Waals surface area contributed by atoms with Crippen LogP contribution >= 0.6 is 57.5 Å². The Bertz CT molecular complexity index is 1800. The zero-order chi connectivity index (χ0) is 28.2. The second kappa shape index (κ2) is 12.5. The molecule has 0 spiro atoms. The largest absolute Gasteiger partial charge is 0.273 e. The first-order chi connectivity index (χ1) is 19.3. The average Bonchev–Trinajstić information content (AvgIpc) is 3.68. The van der Waals surface area contributed by atoms with Gasteiger partial charge in [0.05, 0.1) is 17.0 Å². The van der Waals surface area contributed by atoms with Crippen molar-refractivity contribution in [3.8, 4) is 43.1 Å². The number of hydrogen-bond acceptors (Lipinski definition) is 6. The van der Waals surface area contributed by atoms with E-state index in [4.69, 9.17) is 34.8 Å². The highest BCUT2D eigenvalue weighted by atomic mass is 35.5. The van der Waals surface area contributed by atoms with E-state index < -0.39 is 0 Å². The molecule has 10 heteroatoms. The van der Waals surface area contributed by atoms with Gasteiger partial charge in [-0.2, -0.15) is 10.2 Å². The molecule has 0 saturated carbocycles. The smallest absolute Gasteiger partial charge is 0.267 e. The number of halogens is 3. The molecule has 0 aliphatic rings. The average molecular weight is 624 g/mol. The molecule has 4 aromatic heterocycles. The Balaban J connectivity index is 0.000000161. The lowest BCUT2D eigenvalue weighted by Gasteiger charge is -2.12. The molecule has 1 N–H and O–H groups in total. The van der Waals surface area contributed by atoms with E-state index in [1.807, 2.05) is 97.4 Å². The summed E-state index contributed by atoms with van der Waals surface area (Å²) < 4.78 is 0. The Morgan fingerprint density at radius 2 is 1.12 bits per heavy atom. The lowest BCUT2D eigenvalue weighted by molar-refractivity contribution is 0.953. The van der Waals surface area contributed by atoms with Crippen molar-refractivity contribution >= 4 is 57.5 Å². The van der Waals surface area contributed by atoms with E-state index >= 15 is 0 Å². The van der Waals surface area contributed by atoms with Crippen LogP contribution in [0.3, 0.4) is 0 Å². The molecule has 0 bridgehead atoms. The van der Waals surface area contributed by atoms with Gasteiger partial charge < -0.3 is 0 Å². The minimum Gasteiger partial charge on any atom is -0.267 e. The van der Waals surface area contributed by atoms with E-state index in [0.29, 0.717) is 20.8 Å². The summed E-state index contributed by atoms with van der Waals surface area (Å²) in [4.78, 5) is 14.2. The molecule has 6 aromatic rings. The number of hydrogen-bond donors (Lipinski definition) is 1. The first-order valence-electron chi connectivity index (χ1n) is 12.0. The van der Waals surface area contributed by atoms with Crippen LogP contribution in [0.15, 0.2) is 88.4 Å². The Kier molecular flexibility index (Phi) is 8.78. The number of nitrogens with one attached hydrogen (secondary N) is 1. The number of aromatic amines is 1. The summed E-state index contributed by atoms with van der Waals surface area (Å²) in [6, 6.07) is 23.0. The molecule has 0 fully saturated rings. The zero-order valence-corrected chi connectivity index (χ0v) is 25.2. The van der Waals surface area contributed by atoms with Gasteiger partial charge in [-0.15, -0.1) is 27.8 Å². The van der Waals surface area contributed by atoms with Crippen LogP contribution in [-0.4, -0.2) is 20.4 Å². The Morgan fingerprint density at radius 1 is 0.625 bits per heavy atom. The molecule has 0 aliphatic heterocycles. The van der Waals surface area contributed by atoms with Gasteiger partial charge in [-0.05, 0) is 72.1 Å². The monoisotopic (exact) mass is 622 g/mol. The topological polar surface area (TPSA) is 71.5 Å². The van der Waals surface area contributed by atoms with Crippen molar-refractivity contribution in [1.82, 2.24) is 20.4 Å². The Morgan fingerprint density at radius 3 is 1.62 bits per heavy atom. The molecule has 40 heavy (non-hydrogen) atoms. The van der Waals surface area contributed by atoms with Crippen LogP contribution in [-0.2, 0) is 0 Å². The molecule has 0 aliphatic carbocycles. The predicted molar refractivity (Wildman–Crippen MR) is 169 cm³/mol. The summed E-state index contributed by atoms with van der Waals surface area (Å²) in [5, 5.41) is 20.6. The van der Waals surface area contributed by atoms with Gasteiger partial charge in [0, 0.05) is 36.5 Å². The van der Waals surface area contributed by atoms with Crippen LogP contribution in [0.2, 0.25) is 15.2 Å². The van der Waals surface area contributed by atoms with Crippen LogP contribution < -0.4 is 5.56 Å². The quantitative estimate of drug-likeness (QED) is 0.212. The van der Waals surface area contributed by atoms with Gasteiger partial charge in [-0.25, -0.2) is 5.10 Å². The third-order valence-electron chi connectivity index (χ3n) is 6.07. The highest BCUT2D eigenvalue weighted by molar-refractivity contribution is 7.14. The van der Waals surface area contributed by atoms with Gasteiger partial charge in [-0.1, -0.05) is 71.2 Å². The molecular weight excluding hydrogens is 603 g/mol.